The summed E-state index contributed by atoms with van der Waals surface area (Å²) in [5.41, 5.74) is 0.148. The maximum Gasteiger partial charge on any atom is 0.194 e. The average Bonchev–Trinajstić information content (AvgIpc) is 2.09. The van der Waals surface area contributed by atoms with Gasteiger partial charge < -0.3 is 15.3 Å². The molecule has 0 aliphatic carbocycles. The molecule has 0 amide bonds. The van der Waals surface area contributed by atoms with Crippen LogP contribution in [0.5, 0.6) is 11.5 Å². The second kappa shape index (κ2) is 4.14. The van der Waals surface area contributed by atoms with Gasteiger partial charge in [0.2, 0.25) is 0 Å². The average molecular weight is 265 g/mol. The van der Waals surface area contributed by atoms with Crippen LogP contribution in [-0.4, -0.2) is 21.4 Å². The number of aromatic hydroxyl groups is 2. The summed E-state index contributed by atoms with van der Waals surface area (Å²) in [5, 5.41) is 27.2. The first kappa shape index (κ1) is 11.3. The molecule has 0 heterocycles. The van der Waals surface area contributed by atoms with Crippen LogP contribution in [-0.2, 0) is 6.42 Å². The molecule has 0 aromatic heterocycles. The van der Waals surface area contributed by atoms with Gasteiger partial charge in [-0.3, -0.25) is 0 Å². The van der Waals surface area contributed by atoms with Crippen LogP contribution >= 0.6 is 15.9 Å². The standard InChI is InChI=1S/C9H10BrFO3/c1-4(12)2-5-6(10)3-7(13)9(14)8(5)11/h3-4,12-14H,2H2,1H3. The molecule has 0 spiro atoms. The van der Waals surface area contributed by atoms with E-state index >= 15 is 0 Å². The first-order valence-electron chi connectivity index (χ1n) is 4.00. The number of halogens is 2. The highest BCUT2D eigenvalue weighted by atomic mass is 79.9. The number of hydrogen-bond donors (Lipinski definition) is 3. The van der Waals surface area contributed by atoms with E-state index in [0.717, 1.165) is 0 Å². The summed E-state index contributed by atoms with van der Waals surface area (Å²) in [6, 6.07) is 1.19. The summed E-state index contributed by atoms with van der Waals surface area (Å²) in [7, 11) is 0. The summed E-state index contributed by atoms with van der Waals surface area (Å²) in [6.07, 6.45) is -0.648. The fourth-order valence-corrected chi connectivity index (χ4v) is 1.67. The molecule has 0 bridgehead atoms. The lowest BCUT2D eigenvalue weighted by molar-refractivity contribution is 0.193. The van der Waals surface area contributed by atoms with Crippen molar-refractivity contribution in [1.29, 1.82) is 0 Å². The van der Waals surface area contributed by atoms with Gasteiger partial charge in [0, 0.05) is 16.5 Å². The number of phenols is 2. The van der Waals surface area contributed by atoms with Crippen LogP contribution in [0.2, 0.25) is 0 Å². The predicted molar refractivity (Wildman–Crippen MR) is 52.8 cm³/mol. The van der Waals surface area contributed by atoms with Crippen molar-refractivity contribution in [2.24, 2.45) is 0 Å². The lowest BCUT2D eigenvalue weighted by Crippen LogP contribution is -2.07. The van der Waals surface area contributed by atoms with Crippen LogP contribution < -0.4 is 0 Å². The zero-order chi connectivity index (χ0) is 10.9. The van der Waals surface area contributed by atoms with Crippen LogP contribution in [0.15, 0.2) is 10.5 Å². The highest BCUT2D eigenvalue weighted by Crippen LogP contribution is 2.35. The van der Waals surface area contributed by atoms with Crippen LogP contribution in [0.25, 0.3) is 0 Å². The van der Waals surface area contributed by atoms with E-state index in [9.17, 15) is 4.39 Å². The van der Waals surface area contributed by atoms with E-state index in [1.165, 1.54) is 13.0 Å². The number of aliphatic hydroxyl groups excluding tert-OH is 1. The lowest BCUT2D eigenvalue weighted by atomic mass is 10.1. The Morgan fingerprint density at radius 1 is 1.50 bits per heavy atom. The number of benzene rings is 1. The molecular formula is C9H10BrFO3. The van der Waals surface area contributed by atoms with Crippen molar-refractivity contribution >= 4 is 15.9 Å². The van der Waals surface area contributed by atoms with Crippen molar-refractivity contribution in [3.8, 4) is 11.5 Å². The van der Waals surface area contributed by atoms with E-state index in [2.05, 4.69) is 15.9 Å². The molecule has 3 N–H and O–H groups in total. The Balaban J connectivity index is 3.22. The maximum atomic E-state index is 13.3. The molecule has 1 atom stereocenters. The van der Waals surface area contributed by atoms with Crippen LogP contribution in [0, 0.1) is 5.82 Å². The van der Waals surface area contributed by atoms with Gasteiger partial charge in [-0.05, 0) is 13.0 Å². The molecule has 5 heteroatoms. The Kier molecular flexibility index (Phi) is 3.34. The van der Waals surface area contributed by atoms with E-state index in [0.29, 0.717) is 4.47 Å². The molecule has 0 aliphatic heterocycles. The SMILES string of the molecule is CC(O)Cc1c(Br)cc(O)c(O)c1F. The Labute approximate surface area is 88.9 Å². The Hall–Kier alpha value is -0.810. The largest absolute Gasteiger partial charge is 0.504 e. The van der Waals surface area contributed by atoms with E-state index in [1.54, 1.807) is 0 Å². The molecule has 0 saturated carbocycles. The summed E-state index contributed by atoms with van der Waals surface area (Å²) in [5.74, 6) is -2.22. The van der Waals surface area contributed by atoms with Gasteiger partial charge in [-0.1, -0.05) is 15.9 Å². The zero-order valence-electron chi connectivity index (χ0n) is 7.46. The maximum absolute atomic E-state index is 13.3. The molecule has 1 aromatic rings. The van der Waals surface area contributed by atoms with Crippen molar-refractivity contribution in [3.05, 3.63) is 21.9 Å². The topological polar surface area (TPSA) is 60.7 Å². The molecule has 1 aromatic carbocycles. The first-order valence-corrected chi connectivity index (χ1v) is 4.79. The monoisotopic (exact) mass is 264 g/mol. The number of aliphatic hydroxyl groups is 1. The van der Waals surface area contributed by atoms with E-state index in [1.807, 2.05) is 0 Å². The molecule has 0 aliphatic rings. The molecule has 0 radical (unpaired) electrons. The first-order chi connectivity index (χ1) is 6.43. The number of hydrogen-bond acceptors (Lipinski definition) is 3. The summed E-state index contributed by atoms with van der Waals surface area (Å²) in [4.78, 5) is 0. The third-order valence-corrected chi connectivity index (χ3v) is 2.47. The zero-order valence-corrected chi connectivity index (χ0v) is 9.05. The van der Waals surface area contributed by atoms with E-state index in [4.69, 9.17) is 15.3 Å². The summed E-state index contributed by atoms with van der Waals surface area (Å²) in [6.45, 7) is 1.51. The van der Waals surface area contributed by atoms with Gasteiger partial charge in [-0.2, -0.15) is 0 Å². The van der Waals surface area contributed by atoms with Crippen LogP contribution in [0.3, 0.4) is 0 Å². The van der Waals surface area contributed by atoms with Crippen molar-refractivity contribution in [1.82, 2.24) is 0 Å². The van der Waals surface area contributed by atoms with Gasteiger partial charge >= 0.3 is 0 Å². The predicted octanol–water partition coefficient (Wildman–Crippen LogP) is 1.92. The Bertz CT molecular complexity index is 352. The van der Waals surface area contributed by atoms with Gasteiger partial charge in [0.15, 0.2) is 17.3 Å². The number of phenolic OH excluding ortho intramolecular Hbond substituents is 2. The second-order valence-corrected chi connectivity index (χ2v) is 3.93. The minimum atomic E-state index is -0.905. The fourth-order valence-electron chi connectivity index (χ4n) is 1.12. The van der Waals surface area contributed by atoms with Crippen molar-refractivity contribution in [3.63, 3.8) is 0 Å². The lowest BCUT2D eigenvalue weighted by Gasteiger charge is -2.10. The Morgan fingerprint density at radius 3 is 2.57 bits per heavy atom. The molecule has 78 valence electrons. The summed E-state index contributed by atoms with van der Waals surface area (Å²) >= 11 is 3.04. The van der Waals surface area contributed by atoms with Gasteiger partial charge in [0.25, 0.3) is 0 Å². The second-order valence-electron chi connectivity index (χ2n) is 3.07. The molecular weight excluding hydrogens is 255 g/mol. The summed E-state index contributed by atoms with van der Waals surface area (Å²) < 4.78 is 13.7. The van der Waals surface area contributed by atoms with E-state index in [-0.39, 0.29) is 12.0 Å². The molecule has 3 nitrogen and oxygen atoms in total. The smallest absolute Gasteiger partial charge is 0.194 e. The molecule has 14 heavy (non-hydrogen) atoms. The fraction of sp³-hybridized carbons (Fsp3) is 0.333. The highest BCUT2D eigenvalue weighted by molar-refractivity contribution is 9.10. The van der Waals surface area contributed by atoms with Crippen LogP contribution in [0.1, 0.15) is 12.5 Å². The van der Waals surface area contributed by atoms with Gasteiger partial charge in [-0.25, -0.2) is 4.39 Å². The molecule has 0 fully saturated rings. The third-order valence-electron chi connectivity index (χ3n) is 1.77. The van der Waals surface area contributed by atoms with Gasteiger partial charge in [0.1, 0.15) is 0 Å². The number of rotatable bonds is 2. The van der Waals surface area contributed by atoms with Crippen molar-refractivity contribution in [2.75, 3.05) is 0 Å². The quantitative estimate of drug-likeness (QED) is 0.716. The highest BCUT2D eigenvalue weighted by Gasteiger charge is 2.17. The molecule has 1 rings (SSSR count). The van der Waals surface area contributed by atoms with Crippen molar-refractivity contribution in [2.45, 2.75) is 19.4 Å². The van der Waals surface area contributed by atoms with E-state index < -0.39 is 23.4 Å². The molecule has 1 unspecified atom stereocenters. The minimum absolute atomic E-state index is 0.0697. The van der Waals surface area contributed by atoms with Gasteiger partial charge in [-0.15, -0.1) is 0 Å². The normalized spacial score (nSPS) is 12.9. The minimum Gasteiger partial charge on any atom is -0.504 e. The van der Waals surface area contributed by atoms with Crippen molar-refractivity contribution < 1.29 is 19.7 Å². The van der Waals surface area contributed by atoms with Gasteiger partial charge in [0.05, 0.1) is 6.10 Å². The third kappa shape index (κ3) is 2.16. The molecule has 0 saturated heterocycles. The Morgan fingerprint density at radius 2 is 2.07 bits per heavy atom. The van der Waals surface area contributed by atoms with Crippen LogP contribution in [0.4, 0.5) is 4.39 Å².